The Balaban J connectivity index is 2.52. The number of methoxy groups -OCH3 is 2. The Hall–Kier alpha value is -2.62. The van der Waals surface area contributed by atoms with Gasteiger partial charge in [-0.3, -0.25) is 0 Å². The van der Waals surface area contributed by atoms with E-state index in [0.717, 1.165) is 101 Å². The van der Waals surface area contributed by atoms with Crippen LogP contribution in [0.1, 0.15) is 156 Å². The molecule has 0 amide bonds. The van der Waals surface area contributed by atoms with Gasteiger partial charge in [-0.05, 0) is 107 Å². The number of fused-ring (bicyclic) bond motifs is 2. The number of hydrogen-bond donors (Lipinski definition) is 0. The van der Waals surface area contributed by atoms with Crippen LogP contribution in [0.3, 0.4) is 0 Å². The fourth-order valence-corrected chi connectivity index (χ4v) is 7.18. The summed E-state index contributed by atoms with van der Waals surface area (Å²) in [5.74, 6) is -0.861. The molecule has 0 saturated carbocycles. The largest absolute Gasteiger partial charge is 0.465 e. The minimum Gasteiger partial charge on any atom is -0.465 e. The molecular weight excluding hydrogens is 496 g/mol. The second kappa shape index (κ2) is 14.8. The van der Waals surface area contributed by atoms with E-state index < -0.39 is 11.9 Å². The lowest BCUT2D eigenvalue weighted by atomic mass is 9.70. The molecule has 40 heavy (non-hydrogen) atoms. The minimum atomic E-state index is -0.430. The van der Waals surface area contributed by atoms with Crippen LogP contribution in [0.15, 0.2) is 0 Å². The molecule has 3 rings (SSSR count). The van der Waals surface area contributed by atoms with E-state index in [0.29, 0.717) is 11.1 Å². The van der Waals surface area contributed by atoms with Crippen molar-refractivity contribution >= 4 is 11.9 Å². The fraction of sp³-hybridized carbons (Fsp3) is 0.611. The maximum atomic E-state index is 13.4. The molecule has 2 aromatic carbocycles. The number of esters is 2. The summed E-state index contributed by atoms with van der Waals surface area (Å²) < 4.78 is 10.6. The molecule has 0 unspecified atom stereocenters. The Morgan fingerprint density at radius 2 is 0.700 bits per heavy atom. The van der Waals surface area contributed by atoms with E-state index >= 15 is 0 Å². The third-order valence-electron chi connectivity index (χ3n) is 8.62. The van der Waals surface area contributed by atoms with Crippen LogP contribution in [0, 0.1) is 0 Å². The molecule has 1 aliphatic rings. The van der Waals surface area contributed by atoms with Crippen LogP contribution in [-0.4, -0.2) is 26.2 Å². The molecule has 0 heterocycles. The van der Waals surface area contributed by atoms with E-state index in [1.54, 1.807) is 22.3 Å². The Bertz CT molecular complexity index is 1130. The second-order valence-electron chi connectivity index (χ2n) is 11.4. The minimum absolute atomic E-state index is 0.430. The quantitative estimate of drug-likeness (QED) is 0.190. The third kappa shape index (κ3) is 6.02. The van der Waals surface area contributed by atoms with Gasteiger partial charge in [0.15, 0.2) is 0 Å². The molecule has 0 fully saturated rings. The van der Waals surface area contributed by atoms with Crippen molar-refractivity contribution in [1.29, 1.82) is 0 Å². The molecule has 4 heteroatoms. The highest BCUT2D eigenvalue weighted by atomic mass is 16.5. The first-order chi connectivity index (χ1) is 19.4. The standard InChI is InChI=1S/C36H52O4/c1-9-15-23-24(16-10-2)26(18-12-4)30-22-32-28(20-14-6)34(36(38)40-8)33(35(37)39-7)27(19-13-5)31(32)21-29(30)25(23)17-11-3/h9-22H2,1-8H3. The molecule has 0 aromatic heterocycles. The van der Waals surface area contributed by atoms with Gasteiger partial charge in [0.25, 0.3) is 0 Å². The first-order valence-corrected chi connectivity index (χ1v) is 15.9. The molecule has 1 aliphatic carbocycles. The summed E-state index contributed by atoms with van der Waals surface area (Å²) in [5.41, 5.74) is 14.7. The van der Waals surface area contributed by atoms with Crippen molar-refractivity contribution in [3.8, 4) is 0 Å². The van der Waals surface area contributed by atoms with Crippen molar-refractivity contribution in [2.75, 3.05) is 14.2 Å². The highest BCUT2D eigenvalue weighted by Gasteiger charge is 2.35. The van der Waals surface area contributed by atoms with E-state index in [2.05, 4.69) is 41.5 Å². The summed E-state index contributed by atoms with van der Waals surface area (Å²) >= 11 is 0. The molecule has 0 N–H and O–H groups in total. The first-order valence-electron chi connectivity index (χ1n) is 15.9. The van der Waals surface area contributed by atoms with E-state index in [4.69, 9.17) is 9.47 Å². The zero-order chi connectivity index (χ0) is 29.4. The van der Waals surface area contributed by atoms with Gasteiger partial charge in [-0.15, -0.1) is 0 Å². The Morgan fingerprint density at radius 1 is 0.450 bits per heavy atom. The van der Waals surface area contributed by atoms with E-state index in [-0.39, 0.29) is 0 Å². The van der Waals surface area contributed by atoms with Gasteiger partial charge in [0.2, 0.25) is 0 Å². The van der Waals surface area contributed by atoms with Gasteiger partial charge in [0.05, 0.1) is 25.3 Å². The number of hydrogen-bond acceptors (Lipinski definition) is 4. The topological polar surface area (TPSA) is 52.6 Å². The lowest BCUT2D eigenvalue weighted by Gasteiger charge is -2.34. The van der Waals surface area contributed by atoms with Gasteiger partial charge in [-0.1, -0.05) is 80.1 Å². The summed E-state index contributed by atoms with van der Waals surface area (Å²) in [4.78, 5) is 26.7. The Kier molecular flexibility index (Phi) is 11.8. The molecule has 0 atom stereocenters. The van der Waals surface area contributed by atoms with Crippen molar-refractivity contribution in [3.63, 3.8) is 0 Å². The van der Waals surface area contributed by atoms with Gasteiger partial charge in [0, 0.05) is 0 Å². The van der Waals surface area contributed by atoms with E-state index in [1.165, 1.54) is 36.5 Å². The molecule has 0 aliphatic heterocycles. The number of carbonyl (C=O) groups excluding carboxylic acids is 2. The van der Waals surface area contributed by atoms with Crippen molar-refractivity contribution < 1.29 is 19.1 Å². The third-order valence-corrected chi connectivity index (χ3v) is 8.62. The zero-order valence-corrected chi connectivity index (χ0v) is 26.5. The van der Waals surface area contributed by atoms with Gasteiger partial charge >= 0.3 is 11.9 Å². The predicted octanol–water partition coefficient (Wildman–Crippen LogP) is 8.47. The van der Waals surface area contributed by atoms with Crippen molar-refractivity contribution in [2.45, 2.75) is 131 Å². The molecular formula is C36H52O4. The van der Waals surface area contributed by atoms with Gasteiger partial charge < -0.3 is 9.47 Å². The SMILES string of the molecule is CCCc1c(CCC)c(CCC)c2c(c1CCC)Cc1c(c(CCC)c(C(=O)OC)c(C(=O)OC)c1CCC)C2. The van der Waals surface area contributed by atoms with Crippen molar-refractivity contribution in [3.05, 3.63) is 66.8 Å². The van der Waals surface area contributed by atoms with Crippen LogP contribution in [0.4, 0.5) is 0 Å². The highest BCUT2D eigenvalue weighted by Crippen LogP contribution is 2.43. The summed E-state index contributed by atoms with van der Waals surface area (Å²) in [6, 6.07) is 0. The molecule has 0 saturated heterocycles. The normalized spacial score (nSPS) is 12.2. The lowest BCUT2D eigenvalue weighted by molar-refractivity contribution is 0.0552. The predicted molar refractivity (Wildman–Crippen MR) is 165 cm³/mol. The molecule has 0 bridgehead atoms. The zero-order valence-electron chi connectivity index (χ0n) is 26.5. The van der Waals surface area contributed by atoms with Crippen LogP contribution in [0.5, 0.6) is 0 Å². The smallest absolute Gasteiger partial charge is 0.339 e. The molecule has 220 valence electrons. The molecule has 0 radical (unpaired) electrons. The van der Waals surface area contributed by atoms with Gasteiger partial charge in [-0.2, -0.15) is 0 Å². The van der Waals surface area contributed by atoms with Crippen LogP contribution >= 0.6 is 0 Å². The maximum Gasteiger partial charge on any atom is 0.339 e. The van der Waals surface area contributed by atoms with Crippen LogP contribution in [-0.2, 0) is 60.8 Å². The van der Waals surface area contributed by atoms with Gasteiger partial charge in [-0.25, -0.2) is 9.59 Å². The van der Waals surface area contributed by atoms with Crippen molar-refractivity contribution in [1.82, 2.24) is 0 Å². The van der Waals surface area contributed by atoms with Gasteiger partial charge in [0.1, 0.15) is 0 Å². The summed E-state index contributed by atoms with van der Waals surface area (Å²) in [6.07, 6.45) is 13.9. The summed E-state index contributed by atoms with van der Waals surface area (Å²) in [6.45, 7) is 13.5. The number of benzene rings is 2. The molecule has 4 nitrogen and oxygen atoms in total. The summed E-state index contributed by atoms with van der Waals surface area (Å²) in [5, 5.41) is 0. The van der Waals surface area contributed by atoms with Crippen LogP contribution < -0.4 is 0 Å². The number of rotatable bonds is 14. The molecule has 2 aromatic rings. The average molecular weight is 549 g/mol. The first kappa shape index (κ1) is 31.9. The number of ether oxygens (including phenoxy) is 2. The molecule has 0 spiro atoms. The van der Waals surface area contributed by atoms with Crippen LogP contribution in [0.2, 0.25) is 0 Å². The maximum absolute atomic E-state index is 13.4. The van der Waals surface area contributed by atoms with E-state index in [1.807, 2.05) is 0 Å². The monoisotopic (exact) mass is 548 g/mol. The lowest BCUT2D eigenvalue weighted by Crippen LogP contribution is -2.26. The summed E-state index contributed by atoms with van der Waals surface area (Å²) in [7, 11) is 2.83. The second-order valence-corrected chi connectivity index (χ2v) is 11.4. The highest BCUT2D eigenvalue weighted by molar-refractivity contribution is 6.06. The fourth-order valence-electron chi connectivity index (χ4n) is 7.18. The van der Waals surface area contributed by atoms with Crippen LogP contribution in [0.25, 0.3) is 0 Å². The Labute approximate surface area is 243 Å². The van der Waals surface area contributed by atoms with E-state index in [9.17, 15) is 9.59 Å². The van der Waals surface area contributed by atoms with Crippen molar-refractivity contribution in [2.24, 2.45) is 0 Å². The average Bonchev–Trinajstić information content (AvgIpc) is 2.96. The Morgan fingerprint density at radius 3 is 0.975 bits per heavy atom. The number of carbonyl (C=O) groups is 2.